The predicted octanol–water partition coefficient (Wildman–Crippen LogP) is 9.22. The predicted molar refractivity (Wildman–Crippen MR) is 235 cm³/mol. The summed E-state index contributed by atoms with van der Waals surface area (Å²) in [5, 5.41) is 5.46. The fourth-order valence-electron chi connectivity index (χ4n) is 8.22. The van der Waals surface area contributed by atoms with Crippen LogP contribution in [0.3, 0.4) is 0 Å². The van der Waals surface area contributed by atoms with Crippen LogP contribution >= 0.6 is 0 Å². The Labute approximate surface area is 360 Å². The molecule has 14 heteroatoms. The van der Waals surface area contributed by atoms with Crippen LogP contribution in [0.25, 0.3) is 33.6 Å². The van der Waals surface area contributed by atoms with Crippen LogP contribution in [0.1, 0.15) is 92.2 Å². The third-order valence-corrected chi connectivity index (χ3v) is 11.2. The van der Waals surface area contributed by atoms with Gasteiger partial charge < -0.3 is 34.6 Å². The molecule has 0 saturated carbocycles. The summed E-state index contributed by atoms with van der Waals surface area (Å²) in [6, 6.07) is 31.2. The van der Waals surface area contributed by atoms with E-state index in [-0.39, 0.29) is 23.9 Å². The van der Waals surface area contributed by atoms with E-state index < -0.39 is 23.8 Å². The Bertz CT molecular complexity index is 2540. The maximum absolute atomic E-state index is 13.9. The number of alkyl carbamates (subject to hydrolysis) is 1. The number of nitrogens with zero attached hydrogens (tertiary/aromatic N) is 4. The van der Waals surface area contributed by atoms with E-state index in [4.69, 9.17) is 19.4 Å². The number of ether oxygens (including phenoxy) is 2. The van der Waals surface area contributed by atoms with Gasteiger partial charge in [-0.2, -0.15) is 0 Å². The molecule has 0 aliphatic carbocycles. The third kappa shape index (κ3) is 9.09. The molecule has 2 saturated heterocycles. The molecule has 2 aliphatic heterocycles. The molecule has 8 rings (SSSR count). The molecule has 318 valence electrons. The molecular formula is C48H50N8O6. The summed E-state index contributed by atoms with van der Waals surface area (Å²) >= 11 is 0. The van der Waals surface area contributed by atoms with E-state index in [0.29, 0.717) is 41.6 Å². The van der Waals surface area contributed by atoms with E-state index in [2.05, 4.69) is 57.0 Å². The van der Waals surface area contributed by atoms with Gasteiger partial charge in [0.2, 0.25) is 0 Å². The van der Waals surface area contributed by atoms with Crippen LogP contribution < -0.4 is 10.6 Å². The summed E-state index contributed by atoms with van der Waals surface area (Å²) in [5.41, 5.74) is 6.50. The molecule has 2 fully saturated rings. The van der Waals surface area contributed by atoms with E-state index in [9.17, 15) is 19.2 Å². The van der Waals surface area contributed by atoms with Gasteiger partial charge in [0.25, 0.3) is 11.8 Å². The number of aromatic nitrogens is 4. The number of benzene rings is 4. The monoisotopic (exact) mass is 834 g/mol. The number of amides is 4. The largest absolute Gasteiger partial charge is 0.453 e. The number of hydrogen-bond acceptors (Lipinski definition) is 8. The van der Waals surface area contributed by atoms with Gasteiger partial charge in [-0.05, 0) is 86.4 Å². The quantitative estimate of drug-likeness (QED) is 0.106. The molecule has 2 aliphatic rings. The van der Waals surface area contributed by atoms with Crippen molar-refractivity contribution in [1.82, 2.24) is 35.1 Å². The summed E-state index contributed by atoms with van der Waals surface area (Å²) in [5.74, 6) is 1.01. The number of anilines is 1. The van der Waals surface area contributed by atoms with Crippen molar-refractivity contribution in [1.29, 1.82) is 0 Å². The Balaban J connectivity index is 0.918. The number of rotatable bonds is 10. The Kier molecular flexibility index (Phi) is 11.9. The third-order valence-electron chi connectivity index (χ3n) is 11.2. The summed E-state index contributed by atoms with van der Waals surface area (Å²) in [6.07, 6.45) is 5.46. The first-order valence-corrected chi connectivity index (χ1v) is 20.9. The van der Waals surface area contributed by atoms with Gasteiger partial charge in [0, 0.05) is 13.1 Å². The molecule has 0 spiro atoms. The number of methoxy groups -OCH3 is 1. The Morgan fingerprint density at radius 2 is 1.19 bits per heavy atom. The lowest BCUT2D eigenvalue weighted by Gasteiger charge is -2.28. The highest BCUT2D eigenvalue weighted by Crippen LogP contribution is 2.36. The molecule has 4 aromatic carbocycles. The average molecular weight is 835 g/mol. The van der Waals surface area contributed by atoms with Gasteiger partial charge >= 0.3 is 12.2 Å². The van der Waals surface area contributed by atoms with Crippen LogP contribution in [0.4, 0.5) is 15.3 Å². The molecule has 62 heavy (non-hydrogen) atoms. The SMILES string of the molecule is COC(=O)N[C@@H](C(=O)N1CCC[C@H]1c1ncc(-c2ccc(-c3ccc(-c4cnc([C@@H]5CCCN5C(=O)c5ccccc5NC(=O)OC(C)(C)C)[nH]4)cc3)cc2)[nH]1)c1ccccc1. The molecule has 14 nitrogen and oxygen atoms in total. The van der Waals surface area contributed by atoms with E-state index in [1.54, 1.807) is 62.3 Å². The molecule has 0 bridgehead atoms. The Hall–Kier alpha value is -7.22. The minimum absolute atomic E-state index is 0.184. The van der Waals surface area contributed by atoms with Gasteiger partial charge in [0.05, 0.1) is 54.2 Å². The second kappa shape index (κ2) is 17.8. The molecule has 4 N–H and O–H groups in total. The molecule has 6 aromatic rings. The highest BCUT2D eigenvalue weighted by Gasteiger charge is 2.37. The number of para-hydroxylation sites is 1. The van der Waals surface area contributed by atoms with Gasteiger partial charge in [-0.15, -0.1) is 0 Å². The average Bonchev–Trinajstić information content (AvgIpc) is 4.12. The van der Waals surface area contributed by atoms with Crippen molar-refractivity contribution in [2.24, 2.45) is 0 Å². The van der Waals surface area contributed by atoms with E-state index >= 15 is 0 Å². The fourth-order valence-corrected chi connectivity index (χ4v) is 8.22. The Morgan fingerprint density at radius 1 is 0.677 bits per heavy atom. The van der Waals surface area contributed by atoms with Crippen LogP contribution in [-0.2, 0) is 14.3 Å². The van der Waals surface area contributed by atoms with Crippen molar-refractivity contribution in [3.63, 3.8) is 0 Å². The molecule has 0 unspecified atom stereocenters. The number of likely N-dealkylation sites (tertiary alicyclic amines) is 2. The minimum atomic E-state index is -0.884. The van der Waals surface area contributed by atoms with Gasteiger partial charge in [-0.25, -0.2) is 19.6 Å². The molecule has 3 atom stereocenters. The lowest BCUT2D eigenvalue weighted by atomic mass is 10.0. The van der Waals surface area contributed by atoms with Crippen LogP contribution in [0.2, 0.25) is 0 Å². The maximum atomic E-state index is 13.9. The lowest BCUT2D eigenvalue weighted by Crippen LogP contribution is -2.42. The number of imidazole rings is 2. The van der Waals surface area contributed by atoms with E-state index in [1.807, 2.05) is 47.4 Å². The zero-order chi connectivity index (χ0) is 43.4. The maximum Gasteiger partial charge on any atom is 0.412 e. The van der Waals surface area contributed by atoms with Crippen LogP contribution in [0, 0.1) is 0 Å². The standard InChI is InChI=1S/C48H50N8O6/c1-48(2,3)62-47(60)53-36-15-9-8-14-35(36)44(57)55-26-10-16-39(55)42-49-28-37(51-42)32-22-18-30(19-23-32)31-20-24-33(25-21-31)38-29-50-43(52-38)40-17-11-27-56(40)45(58)41(54-46(59)61-4)34-12-6-5-7-13-34/h5-9,12-15,18-25,28-29,39-41H,10-11,16-17,26-27H2,1-4H3,(H,49,51)(H,50,52)(H,53,60)(H,54,59)/t39-,40-,41+/m0/s1. The summed E-state index contributed by atoms with van der Waals surface area (Å²) in [7, 11) is 1.28. The van der Waals surface area contributed by atoms with Gasteiger partial charge in [0.15, 0.2) is 0 Å². The van der Waals surface area contributed by atoms with Crippen molar-refractivity contribution in [2.45, 2.75) is 70.2 Å². The van der Waals surface area contributed by atoms with Crippen molar-refractivity contribution >= 4 is 29.7 Å². The normalized spacial score (nSPS) is 16.8. The summed E-state index contributed by atoms with van der Waals surface area (Å²) in [6.45, 7) is 6.49. The van der Waals surface area contributed by atoms with Crippen molar-refractivity contribution in [3.8, 4) is 33.6 Å². The fraction of sp³-hybridized carbons (Fsp3) is 0.292. The number of aromatic amines is 2. The number of hydrogen-bond donors (Lipinski definition) is 4. The zero-order valence-corrected chi connectivity index (χ0v) is 35.2. The van der Waals surface area contributed by atoms with E-state index in [1.165, 1.54) is 7.11 Å². The highest BCUT2D eigenvalue weighted by atomic mass is 16.6. The highest BCUT2D eigenvalue weighted by molar-refractivity contribution is 6.03. The minimum Gasteiger partial charge on any atom is -0.453 e. The molecule has 4 amide bonds. The van der Waals surface area contributed by atoms with Crippen molar-refractivity contribution in [3.05, 3.63) is 138 Å². The lowest BCUT2D eigenvalue weighted by molar-refractivity contribution is -0.134. The van der Waals surface area contributed by atoms with Crippen LogP contribution in [-0.4, -0.2) is 79.5 Å². The van der Waals surface area contributed by atoms with E-state index in [0.717, 1.165) is 59.3 Å². The summed E-state index contributed by atoms with van der Waals surface area (Å²) < 4.78 is 10.3. The zero-order valence-electron chi connectivity index (χ0n) is 35.2. The smallest absolute Gasteiger partial charge is 0.412 e. The number of carbonyl (C=O) groups excluding carboxylic acids is 4. The van der Waals surface area contributed by atoms with Gasteiger partial charge in [-0.1, -0.05) is 91.0 Å². The number of nitrogens with one attached hydrogen (secondary N) is 4. The topological polar surface area (TPSA) is 175 Å². The second-order valence-electron chi connectivity index (χ2n) is 16.5. The first-order valence-electron chi connectivity index (χ1n) is 20.9. The van der Waals surface area contributed by atoms with Crippen molar-refractivity contribution in [2.75, 3.05) is 25.5 Å². The molecular weight excluding hydrogens is 785 g/mol. The van der Waals surface area contributed by atoms with Crippen LogP contribution in [0.15, 0.2) is 116 Å². The van der Waals surface area contributed by atoms with Gasteiger partial charge in [-0.3, -0.25) is 14.9 Å². The first kappa shape index (κ1) is 41.5. The molecule has 0 radical (unpaired) electrons. The molecule has 4 heterocycles. The first-order chi connectivity index (χ1) is 30.0. The van der Waals surface area contributed by atoms with Crippen molar-refractivity contribution < 1.29 is 28.7 Å². The van der Waals surface area contributed by atoms with Gasteiger partial charge in [0.1, 0.15) is 23.3 Å². The number of carbonyl (C=O) groups is 4. The second-order valence-corrected chi connectivity index (χ2v) is 16.5. The summed E-state index contributed by atoms with van der Waals surface area (Å²) in [4.78, 5) is 72.6. The number of H-pyrrole nitrogens is 2. The molecule has 2 aromatic heterocycles. The van der Waals surface area contributed by atoms with Crippen LogP contribution in [0.5, 0.6) is 0 Å². The Morgan fingerprint density at radius 3 is 1.76 bits per heavy atom.